The molecule has 1 heterocycles. The third-order valence-electron chi connectivity index (χ3n) is 4.25. The summed E-state index contributed by atoms with van der Waals surface area (Å²) in [6.07, 6.45) is 2.88. The number of carbonyl (C=O) groups excluding carboxylic acids is 1. The molecule has 3 N–H and O–H groups in total. The highest BCUT2D eigenvalue weighted by molar-refractivity contribution is 9.10. The van der Waals surface area contributed by atoms with Crippen LogP contribution in [0.1, 0.15) is 26.7 Å². The van der Waals surface area contributed by atoms with E-state index >= 15 is 0 Å². The van der Waals surface area contributed by atoms with E-state index in [1.54, 1.807) is 12.1 Å². The average molecular weight is 381 g/mol. The fourth-order valence-electron chi connectivity index (χ4n) is 2.50. The Bertz CT molecular complexity index is 760. The van der Waals surface area contributed by atoms with Gasteiger partial charge in [0.2, 0.25) is 5.91 Å². The van der Waals surface area contributed by atoms with Gasteiger partial charge in [-0.05, 0) is 31.0 Å². The van der Waals surface area contributed by atoms with Crippen molar-refractivity contribution in [1.29, 1.82) is 0 Å². The van der Waals surface area contributed by atoms with Gasteiger partial charge in [-0.2, -0.15) is 0 Å². The van der Waals surface area contributed by atoms with Crippen molar-refractivity contribution >= 4 is 32.7 Å². The molecule has 0 saturated heterocycles. The van der Waals surface area contributed by atoms with Gasteiger partial charge in [0.1, 0.15) is 6.54 Å². The summed E-state index contributed by atoms with van der Waals surface area (Å²) in [6.45, 7) is 4.26. The van der Waals surface area contributed by atoms with Crippen LogP contribution < -0.4 is 16.6 Å². The van der Waals surface area contributed by atoms with Crippen LogP contribution in [0.25, 0.3) is 10.9 Å². The van der Waals surface area contributed by atoms with Gasteiger partial charge >= 0.3 is 0 Å². The number of hydrogen-bond donors (Lipinski definition) is 2. The lowest BCUT2D eigenvalue weighted by atomic mass is 9.93. The van der Waals surface area contributed by atoms with Crippen molar-refractivity contribution in [2.75, 3.05) is 6.54 Å². The van der Waals surface area contributed by atoms with Gasteiger partial charge in [-0.15, -0.1) is 0 Å². The number of nitrogens with one attached hydrogen (secondary N) is 1. The summed E-state index contributed by atoms with van der Waals surface area (Å²) in [6, 6.07) is 5.30. The first kappa shape index (κ1) is 17.6. The summed E-state index contributed by atoms with van der Waals surface area (Å²) < 4.78 is 2.11. The first-order valence-electron chi connectivity index (χ1n) is 7.60. The molecule has 23 heavy (non-hydrogen) atoms. The van der Waals surface area contributed by atoms with Crippen LogP contribution in [0.3, 0.4) is 0 Å². The standard InChI is InChI=1S/C16H21BrN4O2/c1-3-16(4-2,9-18)20-14(22)8-21-10-19-13-6-5-11(17)7-12(13)15(21)23/h5-7,10H,3-4,8-9,18H2,1-2H3,(H,20,22). The molecule has 124 valence electrons. The zero-order valence-electron chi connectivity index (χ0n) is 13.3. The molecule has 0 aliphatic rings. The summed E-state index contributed by atoms with van der Waals surface area (Å²) in [5.74, 6) is -0.239. The van der Waals surface area contributed by atoms with E-state index in [4.69, 9.17) is 5.73 Å². The van der Waals surface area contributed by atoms with Crippen molar-refractivity contribution in [2.24, 2.45) is 5.73 Å². The maximum absolute atomic E-state index is 12.5. The summed E-state index contributed by atoms with van der Waals surface area (Å²) >= 11 is 3.34. The molecule has 0 aliphatic carbocycles. The molecule has 0 bridgehead atoms. The lowest BCUT2D eigenvalue weighted by molar-refractivity contribution is -0.123. The number of amides is 1. The van der Waals surface area contributed by atoms with Crippen LogP contribution >= 0.6 is 15.9 Å². The molecule has 1 aromatic heterocycles. The van der Waals surface area contributed by atoms with Crippen molar-refractivity contribution in [1.82, 2.24) is 14.9 Å². The van der Waals surface area contributed by atoms with E-state index in [0.29, 0.717) is 17.4 Å². The summed E-state index contributed by atoms with van der Waals surface area (Å²) in [5.41, 5.74) is 5.73. The SMILES string of the molecule is CCC(CC)(CN)NC(=O)Cn1cnc2ccc(Br)cc2c1=O. The molecule has 1 amide bonds. The van der Waals surface area contributed by atoms with Gasteiger partial charge < -0.3 is 11.1 Å². The highest BCUT2D eigenvalue weighted by Crippen LogP contribution is 2.15. The van der Waals surface area contributed by atoms with Crippen molar-refractivity contribution < 1.29 is 4.79 Å². The van der Waals surface area contributed by atoms with Crippen LogP contribution in [0, 0.1) is 0 Å². The minimum atomic E-state index is -0.423. The molecular weight excluding hydrogens is 360 g/mol. The van der Waals surface area contributed by atoms with Gasteiger partial charge in [-0.3, -0.25) is 14.2 Å². The molecule has 0 saturated carbocycles. The van der Waals surface area contributed by atoms with Gasteiger partial charge in [-0.1, -0.05) is 29.8 Å². The van der Waals surface area contributed by atoms with Crippen LogP contribution in [-0.4, -0.2) is 27.5 Å². The molecule has 0 radical (unpaired) electrons. The Kier molecular flexibility index (Phi) is 5.54. The number of nitrogens with zero attached hydrogens (tertiary/aromatic N) is 2. The Morgan fingerprint density at radius 1 is 1.39 bits per heavy atom. The van der Waals surface area contributed by atoms with Gasteiger partial charge in [0.05, 0.1) is 22.8 Å². The molecule has 2 rings (SSSR count). The third-order valence-corrected chi connectivity index (χ3v) is 4.74. The quantitative estimate of drug-likeness (QED) is 0.799. The summed E-state index contributed by atoms with van der Waals surface area (Å²) in [5, 5.41) is 3.43. The number of halogens is 1. The fraction of sp³-hybridized carbons (Fsp3) is 0.438. The first-order chi connectivity index (χ1) is 10.9. The summed E-state index contributed by atoms with van der Waals surface area (Å²) in [7, 11) is 0. The number of aromatic nitrogens is 2. The monoisotopic (exact) mass is 380 g/mol. The Balaban J connectivity index is 2.26. The van der Waals surface area contributed by atoms with E-state index in [1.807, 2.05) is 19.9 Å². The predicted octanol–water partition coefficient (Wildman–Crippen LogP) is 1.79. The van der Waals surface area contributed by atoms with E-state index in [1.165, 1.54) is 10.9 Å². The van der Waals surface area contributed by atoms with Crippen LogP contribution in [-0.2, 0) is 11.3 Å². The Labute approximate surface area is 143 Å². The molecule has 2 aromatic rings. The van der Waals surface area contributed by atoms with Gasteiger partial charge in [0.15, 0.2) is 0 Å². The number of hydrogen-bond acceptors (Lipinski definition) is 4. The maximum Gasteiger partial charge on any atom is 0.261 e. The molecule has 0 aliphatic heterocycles. The van der Waals surface area contributed by atoms with Crippen molar-refractivity contribution in [3.8, 4) is 0 Å². The topological polar surface area (TPSA) is 90.0 Å². The Morgan fingerprint density at radius 3 is 2.70 bits per heavy atom. The minimum absolute atomic E-state index is 0.0734. The average Bonchev–Trinajstić information content (AvgIpc) is 2.56. The highest BCUT2D eigenvalue weighted by Gasteiger charge is 2.26. The van der Waals surface area contributed by atoms with Crippen LogP contribution in [0.4, 0.5) is 0 Å². The second kappa shape index (κ2) is 7.23. The maximum atomic E-state index is 12.5. The van der Waals surface area contributed by atoms with E-state index in [-0.39, 0.29) is 18.0 Å². The normalized spacial score (nSPS) is 11.7. The molecule has 7 heteroatoms. The Morgan fingerprint density at radius 2 is 2.09 bits per heavy atom. The number of fused-ring (bicyclic) bond motifs is 1. The van der Waals surface area contributed by atoms with Crippen LogP contribution in [0.2, 0.25) is 0 Å². The number of nitrogens with two attached hydrogens (primary N) is 1. The highest BCUT2D eigenvalue weighted by atomic mass is 79.9. The van der Waals surface area contributed by atoms with Crippen molar-refractivity contribution in [2.45, 2.75) is 38.8 Å². The smallest absolute Gasteiger partial charge is 0.261 e. The lowest BCUT2D eigenvalue weighted by Gasteiger charge is -2.31. The van der Waals surface area contributed by atoms with E-state index in [2.05, 4.69) is 26.2 Å². The Hall–Kier alpha value is -1.73. The van der Waals surface area contributed by atoms with Gasteiger partial charge in [0, 0.05) is 11.0 Å². The second-order valence-electron chi connectivity index (χ2n) is 5.58. The molecule has 6 nitrogen and oxygen atoms in total. The van der Waals surface area contributed by atoms with Crippen LogP contribution in [0.5, 0.6) is 0 Å². The van der Waals surface area contributed by atoms with Crippen molar-refractivity contribution in [3.63, 3.8) is 0 Å². The van der Waals surface area contributed by atoms with Crippen LogP contribution in [0.15, 0.2) is 33.8 Å². The predicted molar refractivity (Wildman–Crippen MR) is 94.2 cm³/mol. The van der Waals surface area contributed by atoms with Gasteiger partial charge in [-0.25, -0.2) is 4.98 Å². The van der Waals surface area contributed by atoms with E-state index in [0.717, 1.165) is 17.3 Å². The molecular formula is C16H21BrN4O2. The second-order valence-corrected chi connectivity index (χ2v) is 6.49. The lowest BCUT2D eigenvalue weighted by Crippen LogP contribution is -2.54. The largest absolute Gasteiger partial charge is 0.348 e. The zero-order chi connectivity index (χ0) is 17.0. The minimum Gasteiger partial charge on any atom is -0.348 e. The molecule has 0 spiro atoms. The fourth-order valence-corrected chi connectivity index (χ4v) is 2.86. The zero-order valence-corrected chi connectivity index (χ0v) is 14.9. The van der Waals surface area contributed by atoms with Crippen molar-refractivity contribution in [3.05, 3.63) is 39.4 Å². The summed E-state index contributed by atoms with van der Waals surface area (Å²) in [4.78, 5) is 29.0. The first-order valence-corrected chi connectivity index (χ1v) is 8.39. The molecule has 0 fully saturated rings. The third kappa shape index (κ3) is 3.79. The number of carbonyl (C=O) groups is 1. The van der Waals surface area contributed by atoms with E-state index in [9.17, 15) is 9.59 Å². The number of benzene rings is 1. The molecule has 0 atom stereocenters. The molecule has 1 aromatic carbocycles. The van der Waals surface area contributed by atoms with Gasteiger partial charge in [0.25, 0.3) is 5.56 Å². The number of rotatable bonds is 6. The van der Waals surface area contributed by atoms with E-state index < -0.39 is 5.54 Å². The molecule has 0 unspecified atom stereocenters.